The highest BCUT2D eigenvalue weighted by atomic mass is 16.4. The average molecular weight is 255 g/mol. The van der Waals surface area contributed by atoms with Crippen molar-refractivity contribution in [2.24, 2.45) is 5.92 Å². The molecule has 1 heterocycles. The van der Waals surface area contributed by atoms with Gasteiger partial charge in [0.15, 0.2) is 0 Å². The van der Waals surface area contributed by atoms with Gasteiger partial charge in [-0.05, 0) is 44.7 Å². The Labute approximate surface area is 107 Å². The lowest BCUT2D eigenvalue weighted by atomic mass is 9.79. The van der Waals surface area contributed by atoms with Crippen LogP contribution in [0.2, 0.25) is 0 Å². The van der Waals surface area contributed by atoms with E-state index in [2.05, 4.69) is 0 Å². The first-order valence-electron chi connectivity index (χ1n) is 6.82. The minimum absolute atomic E-state index is 0.245. The third-order valence-corrected chi connectivity index (χ3v) is 4.45. The van der Waals surface area contributed by atoms with Crippen molar-refractivity contribution >= 4 is 11.9 Å². The number of hydrogen-bond acceptors (Lipinski definition) is 3. The first-order valence-corrected chi connectivity index (χ1v) is 6.82. The van der Waals surface area contributed by atoms with Crippen molar-refractivity contribution < 1.29 is 19.8 Å². The molecule has 0 aromatic heterocycles. The number of aliphatic carboxylic acids is 2. The third-order valence-electron chi connectivity index (χ3n) is 4.45. The minimum atomic E-state index is -1.68. The molecular weight excluding hydrogens is 234 g/mol. The van der Waals surface area contributed by atoms with E-state index in [1.165, 1.54) is 0 Å². The summed E-state index contributed by atoms with van der Waals surface area (Å²) in [5.41, 5.74) is -1.68. The normalized spacial score (nSPS) is 23.1. The standard InChI is InChI=1S/C13H21NO4/c15-11(16)13(12(17)18,10-6-2-3-7-10)14-8-4-1-5-9-14/h10H,1-9H2,(H,15,16)(H,17,18). The number of carboxylic acid groups (broad SMARTS) is 2. The Hall–Kier alpha value is -1.10. The molecule has 5 heteroatoms. The zero-order valence-corrected chi connectivity index (χ0v) is 10.6. The molecule has 0 unspecified atom stereocenters. The molecule has 2 N–H and O–H groups in total. The molecule has 5 nitrogen and oxygen atoms in total. The second kappa shape index (κ2) is 5.26. The average Bonchev–Trinajstić information content (AvgIpc) is 2.84. The van der Waals surface area contributed by atoms with Crippen LogP contribution in [0.5, 0.6) is 0 Å². The van der Waals surface area contributed by atoms with Gasteiger partial charge in [0.25, 0.3) is 0 Å². The Morgan fingerprint density at radius 2 is 1.39 bits per heavy atom. The molecule has 1 saturated heterocycles. The van der Waals surface area contributed by atoms with Crippen molar-refractivity contribution in [2.75, 3.05) is 13.1 Å². The van der Waals surface area contributed by atoms with Gasteiger partial charge in [0, 0.05) is 0 Å². The van der Waals surface area contributed by atoms with Gasteiger partial charge in [-0.15, -0.1) is 0 Å². The van der Waals surface area contributed by atoms with Crippen LogP contribution in [0.4, 0.5) is 0 Å². The smallest absolute Gasteiger partial charge is 0.336 e. The summed E-state index contributed by atoms with van der Waals surface area (Å²) >= 11 is 0. The summed E-state index contributed by atoms with van der Waals surface area (Å²) in [6.45, 7) is 1.18. The lowest BCUT2D eigenvalue weighted by molar-refractivity contribution is -0.174. The maximum Gasteiger partial charge on any atom is 0.336 e. The van der Waals surface area contributed by atoms with Gasteiger partial charge in [-0.1, -0.05) is 19.3 Å². The number of piperidine rings is 1. The van der Waals surface area contributed by atoms with Crippen LogP contribution >= 0.6 is 0 Å². The largest absolute Gasteiger partial charge is 0.479 e. The Bertz CT molecular complexity index is 316. The van der Waals surface area contributed by atoms with Crippen molar-refractivity contribution in [1.82, 2.24) is 4.90 Å². The molecule has 102 valence electrons. The predicted molar refractivity (Wildman–Crippen MR) is 65.4 cm³/mol. The summed E-state index contributed by atoms with van der Waals surface area (Å²) in [6, 6.07) is 0. The molecule has 0 aromatic rings. The highest BCUT2D eigenvalue weighted by molar-refractivity contribution is 6.03. The molecule has 2 aliphatic rings. The second-order valence-electron chi connectivity index (χ2n) is 5.41. The third kappa shape index (κ3) is 2.00. The molecule has 0 atom stereocenters. The summed E-state index contributed by atoms with van der Waals surface area (Å²) in [6.07, 6.45) is 6.19. The predicted octanol–water partition coefficient (Wildman–Crippen LogP) is 1.57. The summed E-state index contributed by atoms with van der Waals surface area (Å²) in [5.74, 6) is -2.60. The van der Waals surface area contributed by atoms with Crippen LogP contribution in [0, 0.1) is 5.92 Å². The molecular formula is C13H21NO4. The number of nitrogens with zero attached hydrogens (tertiary/aromatic N) is 1. The molecule has 0 spiro atoms. The first-order chi connectivity index (χ1) is 8.60. The molecule has 1 aliphatic heterocycles. The van der Waals surface area contributed by atoms with Crippen molar-refractivity contribution in [3.05, 3.63) is 0 Å². The highest BCUT2D eigenvalue weighted by Gasteiger charge is 2.57. The fourth-order valence-electron chi connectivity index (χ4n) is 3.56. The van der Waals surface area contributed by atoms with Crippen LogP contribution in [-0.2, 0) is 9.59 Å². The zero-order valence-electron chi connectivity index (χ0n) is 10.6. The maximum atomic E-state index is 11.7. The van der Waals surface area contributed by atoms with Gasteiger partial charge in [0.2, 0.25) is 5.54 Å². The molecule has 1 aliphatic carbocycles. The van der Waals surface area contributed by atoms with Crippen molar-refractivity contribution in [1.29, 1.82) is 0 Å². The van der Waals surface area contributed by atoms with Gasteiger partial charge < -0.3 is 10.2 Å². The van der Waals surface area contributed by atoms with E-state index in [1.54, 1.807) is 4.90 Å². The van der Waals surface area contributed by atoms with Crippen molar-refractivity contribution in [3.8, 4) is 0 Å². The van der Waals surface area contributed by atoms with Crippen LogP contribution in [0.1, 0.15) is 44.9 Å². The molecule has 18 heavy (non-hydrogen) atoms. The Balaban J connectivity index is 2.34. The van der Waals surface area contributed by atoms with Crippen LogP contribution in [-0.4, -0.2) is 45.7 Å². The summed E-state index contributed by atoms with van der Waals surface area (Å²) in [4.78, 5) is 25.2. The number of likely N-dealkylation sites (tertiary alicyclic amines) is 1. The van der Waals surface area contributed by atoms with E-state index in [-0.39, 0.29) is 5.92 Å². The SMILES string of the molecule is O=C(O)C(C(=O)O)(C1CCCC1)N1CCCCC1. The molecule has 2 fully saturated rings. The molecule has 0 radical (unpaired) electrons. The van der Waals surface area contributed by atoms with Crippen LogP contribution in [0.15, 0.2) is 0 Å². The molecule has 0 amide bonds. The number of hydrogen-bond donors (Lipinski definition) is 2. The number of carboxylic acids is 2. The zero-order chi connectivity index (χ0) is 13.2. The van der Waals surface area contributed by atoms with Crippen molar-refractivity contribution in [2.45, 2.75) is 50.5 Å². The Morgan fingerprint density at radius 3 is 1.83 bits per heavy atom. The van der Waals surface area contributed by atoms with Crippen LogP contribution < -0.4 is 0 Å². The van der Waals surface area contributed by atoms with Crippen LogP contribution in [0.3, 0.4) is 0 Å². The molecule has 2 rings (SSSR count). The molecule has 0 aromatic carbocycles. The van der Waals surface area contributed by atoms with Gasteiger partial charge in [-0.3, -0.25) is 4.90 Å². The Morgan fingerprint density at radius 1 is 0.889 bits per heavy atom. The topological polar surface area (TPSA) is 77.8 Å². The van der Waals surface area contributed by atoms with Gasteiger partial charge in [0.1, 0.15) is 0 Å². The van der Waals surface area contributed by atoms with E-state index in [1.807, 2.05) is 0 Å². The van der Waals surface area contributed by atoms with E-state index in [0.29, 0.717) is 13.1 Å². The van der Waals surface area contributed by atoms with Gasteiger partial charge >= 0.3 is 11.9 Å². The van der Waals surface area contributed by atoms with E-state index in [4.69, 9.17) is 0 Å². The van der Waals surface area contributed by atoms with Gasteiger partial charge in [-0.2, -0.15) is 0 Å². The lowest BCUT2D eigenvalue weighted by Gasteiger charge is -2.43. The van der Waals surface area contributed by atoms with Crippen molar-refractivity contribution in [3.63, 3.8) is 0 Å². The summed E-state index contributed by atoms with van der Waals surface area (Å²) in [5, 5.41) is 19.2. The summed E-state index contributed by atoms with van der Waals surface area (Å²) < 4.78 is 0. The van der Waals surface area contributed by atoms with E-state index < -0.39 is 17.5 Å². The monoisotopic (exact) mass is 255 g/mol. The quantitative estimate of drug-likeness (QED) is 0.746. The minimum Gasteiger partial charge on any atom is -0.479 e. The first kappa shape index (κ1) is 13.3. The van der Waals surface area contributed by atoms with E-state index in [9.17, 15) is 19.8 Å². The van der Waals surface area contributed by atoms with E-state index >= 15 is 0 Å². The lowest BCUT2D eigenvalue weighted by Crippen LogP contribution is -2.65. The highest BCUT2D eigenvalue weighted by Crippen LogP contribution is 2.39. The van der Waals surface area contributed by atoms with Gasteiger partial charge in [0.05, 0.1) is 0 Å². The Kier molecular flexibility index (Phi) is 3.90. The van der Waals surface area contributed by atoms with E-state index in [0.717, 1.165) is 44.9 Å². The maximum absolute atomic E-state index is 11.7. The fourth-order valence-corrected chi connectivity index (χ4v) is 3.56. The number of carbonyl (C=O) groups is 2. The van der Waals surface area contributed by atoms with Gasteiger partial charge in [-0.25, -0.2) is 9.59 Å². The van der Waals surface area contributed by atoms with Crippen LogP contribution in [0.25, 0.3) is 0 Å². The molecule has 0 bridgehead atoms. The molecule has 1 saturated carbocycles. The summed E-state index contributed by atoms with van der Waals surface area (Å²) in [7, 11) is 0. The number of rotatable bonds is 4. The second-order valence-corrected chi connectivity index (χ2v) is 5.41. The fraction of sp³-hybridized carbons (Fsp3) is 0.846.